The lowest BCUT2D eigenvalue weighted by Gasteiger charge is -2.37. The van der Waals surface area contributed by atoms with Crippen LogP contribution in [-0.4, -0.2) is 7.11 Å². The fraction of sp³-hybridized carbons (Fsp3) is 0.250. The summed E-state index contributed by atoms with van der Waals surface area (Å²) < 4.78 is 5.38. The number of ether oxygens (including phenoxy) is 1. The van der Waals surface area contributed by atoms with Gasteiger partial charge in [-0.3, -0.25) is 0 Å². The smallest absolute Gasteiger partial charge is 0.119 e. The van der Waals surface area contributed by atoms with Gasteiger partial charge in [-0.2, -0.15) is 5.26 Å². The largest absolute Gasteiger partial charge is 0.497 e. The molecule has 0 amide bonds. The second-order valence-corrected chi connectivity index (χ2v) is 6.16. The fourth-order valence-corrected chi connectivity index (χ4v) is 3.79. The van der Waals surface area contributed by atoms with E-state index in [-0.39, 0.29) is 6.04 Å². The molecule has 0 spiro atoms. The maximum Gasteiger partial charge on any atom is 0.119 e. The Morgan fingerprint density at radius 3 is 2.74 bits per heavy atom. The van der Waals surface area contributed by atoms with Crippen molar-refractivity contribution in [3.8, 4) is 11.8 Å². The number of nitrogens with one attached hydrogen (secondary N) is 1. The Morgan fingerprint density at radius 1 is 1.17 bits per heavy atom. The molecule has 114 valence electrons. The van der Waals surface area contributed by atoms with E-state index < -0.39 is 0 Å². The molecule has 3 nitrogen and oxygen atoms in total. The van der Waals surface area contributed by atoms with Gasteiger partial charge >= 0.3 is 0 Å². The Balaban J connectivity index is 1.74. The summed E-state index contributed by atoms with van der Waals surface area (Å²) in [5.74, 6) is 1.82. The van der Waals surface area contributed by atoms with Crippen LogP contribution in [0, 0.1) is 17.2 Å². The lowest BCUT2D eigenvalue weighted by molar-refractivity contribution is 0.405. The molecule has 0 saturated heterocycles. The van der Waals surface area contributed by atoms with Crippen LogP contribution in [0.1, 0.15) is 35.1 Å². The molecule has 0 saturated carbocycles. The van der Waals surface area contributed by atoms with E-state index >= 15 is 0 Å². The molecule has 3 atom stereocenters. The number of allylic oxidation sites excluding steroid dienone is 2. The fourth-order valence-electron chi connectivity index (χ4n) is 3.79. The topological polar surface area (TPSA) is 45.0 Å². The zero-order chi connectivity index (χ0) is 15.8. The first-order chi connectivity index (χ1) is 11.3. The molecular weight excluding hydrogens is 284 g/mol. The number of anilines is 1. The molecule has 4 rings (SSSR count). The Kier molecular flexibility index (Phi) is 3.31. The van der Waals surface area contributed by atoms with E-state index in [1.165, 1.54) is 16.8 Å². The summed E-state index contributed by atoms with van der Waals surface area (Å²) in [6.45, 7) is 0. The van der Waals surface area contributed by atoms with Crippen LogP contribution in [-0.2, 0) is 0 Å². The second-order valence-electron chi connectivity index (χ2n) is 6.16. The van der Waals surface area contributed by atoms with Gasteiger partial charge in [0.05, 0.1) is 24.8 Å². The zero-order valence-electron chi connectivity index (χ0n) is 13.0. The van der Waals surface area contributed by atoms with Crippen LogP contribution >= 0.6 is 0 Å². The van der Waals surface area contributed by atoms with Crippen molar-refractivity contribution in [2.45, 2.75) is 18.4 Å². The van der Waals surface area contributed by atoms with Crippen molar-refractivity contribution in [2.24, 2.45) is 5.92 Å². The van der Waals surface area contributed by atoms with Crippen molar-refractivity contribution in [2.75, 3.05) is 12.4 Å². The molecule has 2 aromatic rings. The standard InChI is InChI=1S/C20H18N2O/c1-23-15-9-10-19-18(11-15)16-3-2-4-17(16)20(22-19)14-7-5-13(12-21)6-8-14/h2-3,5-11,16-17,20,22H,4H2,1H3/t16-,17+,20+/m1/s1. The van der Waals surface area contributed by atoms with Gasteiger partial charge in [0.25, 0.3) is 0 Å². The van der Waals surface area contributed by atoms with Crippen LogP contribution in [0.15, 0.2) is 54.6 Å². The molecule has 1 N–H and O–H groups in total. The van der Waals surface area contributed by atoms with E-state index in [9.17, 15) is 0 Å². The van der Waals surface area contributed by atoms with Gasteiger partial charge in [-0.25, -0.2) is 0 Å². The van der Waals surface area contributed by atoms with Crippen LogP contribution in [0.3, 0.4) is 0 Å². The first-order valence-electron chi connectivity index (χ1n) is 7.91. The number of methoxy groups -OCH3 is 1. The van der Waals surface area contributed by atoms with Crippen molar-refractivity contribution >= 4 is 5.69 Å². The number of benzene rings is 2. The Hall–Kier alpha value is -2.73. The highest BCUT2D eigenvalue weighted by atomic mass is 16.5. The van der Waals surface area contributed by atoms with E-state index in [2.05, 4.69) is 47.8 Å². The minimum atomic E-state index is 0.267. The molecule has 0 fully saturated rings. The van der Waals surface area contributed by atoms with Crippen molar-refractivity contribution in [3.05, 3.63) is 71.3 Å². The highest BCUT2D eigenvalue weighted by molar-refractivity contribution is 5.61. The summed E-state index contributed by atoms with van der Waals surface area (Å²) in [5, 5.41) is 12.7. The van der Waals surface area contributed by atoms with E-state index in [4.69, 9.17) is 10.00 Å². The Labute approximate surface area is 136 Å². The predicted octanol–water partition coefficient (Wildman–Crippen LogP) is 4.39. The average Bonchev–Trinajstić information content (AvgIpc) is 3.11. The third-order valence-electron chi connectivity index (χ3n) is 4.97. The normalized spacial score (nSPS) is 24.3. The lowest BCUT2D eigenvalue weighted by Crippen LogP contribution is -2.29. The van der Waals surface area contributed by atoms with Crippen LogP contribution in [0.2, 0.25) is 0 Å². The summed E-state index contributed by atoms with van der Waals surface area (Å²) in [6.07, 6.45) is 5.67. The lowest BCUT2D eigenvalue weighted by atomic mass is 9.77. The number of hydrogen-bond acceptors (Lipinski definition) is 3. The van der Waals surface area contributed by atoms with Gasteiger partial charge in [0.2, 0.25) is 0 Å². The summed E-state index contributed by atoms with van der Waals surface area (Å²) >= 11 is 0. The summed E-state index contributed by atoms with van der Waals surface area (Å²) in [4.78, 5) is 0. The van der Waals surface area contributed by atoms with E-state index in [1.54, 1.807) is 7.11 Å². The van der Waals surface area contributed by atoms with Gasteiger partial charge in [0, 0.05) is 11.6 Å². The van der Waals surface area contributed by atoms with E-state index in [0.717, 1.165) is 12.2 Å². The number of nitriles is 1. The molecule has 2 aliphatic rings. The van der Waals surface area contributed by atoms with Crippen molar-refractivity contribution in [1.29, 1.82) is 5.26 Å². The zero-order valence-corrected chi connectivity index (χ0v) is 13.0. The highest BCUT2D eigenvalue weighted by Crippen LogP contribution is 2.50. The Bertz CT molecular complexity index is 801. The first kappa shape index (κ1) is 13.9. The first-order valence-corrected chi connectivity index (χ1v) is 7.91. The predicted molar refractivity (Wildman–Crippen MR) is 90.5 cm³/mol. The minimum Gasteiger partial charge on any atom is -0.497 e. The summed E-state index contributed by atoms with van der Waals surface area (Å²) in [7, 11) is 1.71. The highest BCUT2D eigenvalue weighted by Gasteiger charge is 2.37. The molecule has 1 heterocycles. The van der Waals surface area contributed by atoms with Gasteiger partial charge in [0.1, 0.15) is 5.75 Å². The number of rotatable bonds is 2. The molecule has 1 aliphatic carbocycles. The van der Waals surface area contributed by atoms with Crippen LogP contribution in [0.4, 0.5) is 5.69 Å². The molecule has 3 heteroatoms. The summed E-state index contributed by atoms with van der Waals surface area (Å²) in [5.41, 5.74) is 4.43. The molecule has 0 aromatic heterocycles. The molecule has 2 aromatic carbocycles. The maximum absolute atomic E-state index is 8.98. The van der Waals surface area contributed by atoms with Gasteiger partial charge < -0.3 is 10.1 Å². The minimum absolute atomic E-state index is 0.267. The molecule has 0 unspecified atom stereocenters. The van der Waals surface area contributed by atoms with E-state index in [0.29, 0.717) is 17.4 Å². The Morgan fingerprint density at radius 2 is 2.00 bits per heavy atom. The summed E-state index contributed by atoms with van der Waals surface area (Å²) in [6, 6.07) is 16.6. The molecule has 1 aliphatic heterocycles. The second kappa shape index (κ2) is 5.48. The van der Waals surface area contributed by atoms with Gasteiger partial charge in [0.15, 0.2) is 0 Å². The average molecular weight is 302 g/mol. The SMILES string of the molecule is COc1ccc2c(c1)[C@@H]1C=CC[C@@H]1[C@H](c1ccc(C#N)cc1)N2. The van der Waals surface area contributed by atoms with Crippen molar-refractivity contribution < 1.29 is 4.74 Å². The van der Waals surface area contributed by atoms with Gasteiger partial charge in [-0.15, -0.1) is 0 Å². The van der Waals surface area contributed by atoms with Crippen LogP contribution in [0.5, 0.6) is 5.75 Å². The van der Waals surface area contributed by atoms with Gasteiger partial charge in [-0.05, 0) is 53.8 Å². The molecule has 0 radical (unpaired) electrons. The van der Waals surface area contributed by atoms with Crippen molar-refractivity contribution in [3.63, 3.8) is 0 Å². The third-order valence-corrected chi connectivity index (χ3v) is 4.97. The monoisotopic (exact) mass is 302 g/mol. The third kappa shape index (κ3) is 2.27. The molecular formula is C20H18N2O. The molecule has 23 heavy (non-hydrogen) atoms. The number of nitrogens with zero attached hydrogens (tertiary/aromatic N) is 1. The maximum atomic E-state index is 8.98. The number of hydrogen-bond donors (Lipinski definition) is 1. The quantitative estimate of drug-likeness (QED) is 0.837. The molecule has 0 bridgehead atoms. The van der Waals surface area contributed by atoms with Crippen molar-refractivity contribution in [1.82, 2.24) is 0 Å². The van der Waals surface area contributed by atoms with Crippen LogP contribution in [0.25, 0.3) is 0 Å². The van der Waals surface area contributed by atoms with E-state index in [1.807, 2.05) is 18.2 Å². The van der Waals surface area contributed by atoms with Gasteiger partial charge in [-0.1, -0.05) is 24.3 Å². The van der Waals surface area contributed by atoms with Crippen LogP contribution < -0.4 is 10.1 Å². The number of fused-ring (bicyclic) bond motifs is 3.